The standard InChI is InChI=1S/C42H29N3O8/c43-24-27(25-44)32-22-30(51-35-13-7-6-12-31(32)35)19-16-26-14-17-29(18-15-26)45(28-10-4-3-5-11-28)20-8-1-2-9-21-50-38-36-33(39(46)52-41(36)48)23-34-37(38)42(49)53-40(34)47/h3-7,10-19,22-23H,1-2,8-9,20-21H2. The number of allylic oxidation sites excluding steroid dienone is 4. The molecule has 11 nitrogen and oxygen atoms in total. The van der Waals surface area contributed by atoms with Crippen LogP contribution in [-0.2, 0) is 0 Å². The summed E-state index contributed by atoms with van der Waals surface area (Å²) in [5.74, 6) is 0.929. The van der Waals surface area contributed by atoms with Gasteiger partial charge in [-0.2, -0.15) is 10.5 Å². The van der Waals surface area contributed by atoms with E-state index in [2.05, 4.69) is 17.0 Å². The topological polar surface area (TPSA) is 164 Å². The Balaban J connectivity index is 0.993. The largest absolute Gasteiger partial charge is 0.492 e. The van der Waals surface area contributed by atoms with E-state index in [1.54, 1.807) is 12.1 Å². The second kappa shape index (κ2) is 14.9. The summed E-state index contributed by atoms with van der Waals surface area (Å²) in [5.41, 5.74) is 0.536. The number of fused-ring (bicyclic) bond motifs is 3. The number of nitriles is 2. The van der Waals surface area contributed by atoms with Crippen LogP contribution in [0.25, 0.3) is 33.2 Å². The maximum absolute atomic E-state index is 12.4. The minimum atomic E-state index is -0.931. The lowest BCUT2D eigenvalue weighted by Gasteiger charge is -2.25. The van der Waals surface area contributed by atoms with Gasteiger partial charge in [-0.05, 0) is 67.0 Å². The third-order valence-electron chi connectivity index (χ3n) is 8.92. The Morgan fingerprint density at radius 2 is 1.32 bits per heavy atom. The molecule has 11 heteroatoms. The highest BCUT2D eigenvalue weighted by molar-refractivity contribution is 6.04. The molecule has 1 aliphatic heterocycles. The van der Waals surface area contributed by atoms with Gasteiger partial charge in [0.1, 0.15) is 45.7 Å². The second-order valence-corrected chi connectivity index (χ2v) is 12.2. The van der Waals surface area contributed by atoms with E-state index in [0.717, 1.165) is 48.8 Å². The van der Waals surface area contributed by atoms with E-state index >= 15 is 0 Å². The van der Waals surface area contributed by atoms with Crippen LogP contribution in [0.5, 0.6) is 11.5 Å². The number of ether oxygens (including phenoxy) is 2. The number of benzene rings is 4. The van der Waals surface area contributed by atoms with Crippen LogP contribution in [0.1, 0.15) is 36.8 Å². The molecule has 260 valence electrons. The van der Waals surface area contributed by atoms with E-state index in [1.807, 2.05) is 85.0 Å². The Hall–Kier alpha value is -7.24. The van der Waals surface area contributed by atoms with Crippen molar-refractivity contribution >= 4 is 44.6 Å². The van der Waals surface area contributed by atoms with Crippen molar-refractivity contribution < 1.29 is 18.3 Å². The summed E-state index contributed by atoms with van der Waals surface area (Å²) in [6.07, 6.45) is 8.50. The van der Waals surface area contributed by atoms with E-state index in [9.17, 15) is 29.7 Å². The summed E-state index contributed by atoms with van der Waals surface area (Å²) in [6.45, 7) is 0.879. The summed E-state index contributed by atoms with van der Waals surface area (Å²) in [6, 6.07) is 30.5. The molecular formula is C42H29N3O8. The van der Waals surface area contributed by atoms with Gasteiger partial charge in [0.15, 0.2) is 0 Å². The number of anilines is 2. The van der Waals surface area contributed by atoms with Crippen molar-refractivity contribution in [1.82, 2.24) is 0 Å². The highest BCUT2D eigenvalue weighted by Gasteiger charge is 2.24. The van der Waals surface area contributed by atoms with Gasteiger partial charge in [0, 0.05) is 29.1 Å². The van der Waals surface area contributed by atoms with Crippen LogP contribution in [-0.4, -0.2) is 13.2 Å². The summed E-state index contributed by atoms with van der Waals surface area (Å²) < 4.78 is 21.3. The van der Waals surface area contributed by atoms with Crippen molar-refractivity contribution in [3.05, 3.63) is 161 Å². The molecule has 3 heterocycles. The van der Waals surface area contributed by atoms with E-state index < -0.39 is 22.5 Å². The van der Waals surface area contributed by atoms with Crippen molar-refractivity contribution in [2.75, 3.05) is 18.1 Å². The molecule has 0 spiro atoms. The van der Waals surface area contributed by atoms with Gasteiger partial charge in [-0.1, -0.05) is 67.4 Å². The first kappa shape index (κ1) is 34.2. The number of hydrogen-bond acceptors (Lipinski definition) is 11. The molecule has 0 aliphatic carbocycles. The molecule has 4 aromatic carbocycles. The molecule has 0 bridgehead atoms. The van der Waals surface area contributed by atoms with Gasteiger partial charge in [-0.15, -0.1) is 0 Å². The van der Waals surface area contributed by atoms with Crippen LogP contribution >= 0.6 is 0 Å². The lowest BCUT2D eigenvalue weighted by Crippen LogP contribution is -2.18. The number of unbranched alkanes of at least 4 members (excludes halogenated alkanes) is 3. The fourth-order valence-corrected chi connectivity index (χ4v) is 6.36. The smallest absolute Gasteiger partial charge is 0.350 e. The van der Waals surface area contributed by atoms with Gasteiger partial charge in [-0.25, -0.2) is 19.2 Å². The van der Waals surface area contributed by atoms with Crippen LogP contribution < -0.4 is 36.9 Å². The van der Waals surface area contributed by atoms with E-state index in [-0.39, 0.29) is 39.5 Å². The zero-order valence-electron chi connectivity index (χ0n) is 28.2. The van der Waals surface area contributed by atoms with Crippen molar-refractivity contribution in [2.24, 2.45) is 0 Å². The fourth-order valence-electron chi connectivity index (χ4n) is 6.36. The first-order valence-electron chi connectivity index (χ1n) is 16.9. The van der Waals surface area contributed by atoms with Crippen molar-refractivity contribution in [3.8, 4) is 23.6 Å². The highest BCUT2D eigenvalue weighted by Crippen LogP contribution is 2.36. The number of furan rings is 2. The van der Waals surface area contributed by atoms with Gasteiger partial charge in [0.25, 0.3) is 0 Å². The second-order valence-electron chi connectivity index (χ2n) is 12.2. The predicted octanol–water partition coefficient (Wildman–Crippen LogP) is 7.06. The summed E-state index contributed by atoms with van der Waals surface area (Å²) in [7, 11) is 0. The lowest BCUT2D eigenvalue weighted by atomic mass is 9.97. The lowest BCUT2D eigenvalue weighted by molar-refractivity contribution is 0.310. The van der Waals surface area contributed by atoms with Crippen LogP contribution in [0.15, 0.2) is 136 Å². The average molecular weight is 704 g/mol. The molecule has 0 amide bonds. The zero-order valence-corrected chi connectivity index (χ0v) is 28.2. The summed E-state index contributed by atoms with van der Waals surface area (Å²) in [5, 5.41) is 18.4. The molecule has 0 radical (unpaired) electrons. The third kappa shape index (κ3) is 6.92. The molecule has 0 fully saturated rings. The van der Waals surface area contributed by atoms with Crippen LogP contribution in [0.2, 0.25) is 0 Å². The molecule has 2 aromatic heterocycles. The van der Waals surface area contributed by atoms with Gasteiger partial charge < -0.3 is 23.2 Å². The predicted molar refractivity (Wildman–Crippen MR) is 200 cm³/mol. The molecule has 1 aliphatic rings. The summed E-state index contributed by atoms with van der Waals surface area (Å²) >= 11 is 0. The number of rotatable bonds is 12. The number of hydrogen-bond donors (Lipinski definition) is 0. The van der Waals surface area contributed by atoms with Crippen LogP contribution in [0.4, 0.5) is 11.4 Å². The van der Waals surface area contributed by atoms with Gasteiger partial charge in [0.2, 0.25) is 0 Å². The fraction of sp³-hybridized carbons (Fsp3) is 0.143. The van der Waals surface area contributed by atoms with Crippen molar-refractivity contribution in [3.63, 3.8) is 0 Å². The Morgan fingerprint density at radius 3 is 2.00 bits per heavy atom. The molecule has 53 heavy (non-hydrogen) atoms. The minimum Gasteiger partial charge on any atom is -0.492 e. The molecular weight excluding hydrogens is 674 g/mol. The molecule has 6 aromatic rings. The first-order valence-corrected chi connectivity index (χ1v) is 16.9. The Morgan fingerprint density at radius 1 is 0.698 bits per heavy atom. The minimum absolute atomic E-state index is 0.0159. The van der Waals surface area contributed by atoms with E-state index in [4.69, 9.17) is 18.3 Å². The Kier molecular flexibility index (Phi) is 9.64. The average Bonchev–Trinajstić information content (AvgIpc) is 3.64. The van der Waals surface area contributed by atoms with Crippen LogP contribution in [0.3, 0.4) is 0 Å². The van der Waals surface area contributed by atoms with Gasteiger partial charge in [0.05, 0.1) is 17.4 Å². The molecule has 7 rings (SSSR count). The van der Waals surface area contributed by atoms with Crippen molar-refractivity contribution in [1.29, 1.82) is 10.5 Å². The quantitative estimate of drug-likeness (QED) is 0.0946. The SMILES string of the molecule is N#CC(C#N)=C1C=C(C=Cc2ccc(N(CCCCCCOc3c4c(=O)oc(=O)c4cc4c(=O)oc(=O)c34)c3ccccc3)cc2)Oc2ccccc21. The maximum atomic E-state index is 12.4. The monoisotopic (exact) mass is 703 g/mol. The number of para-hydroxylation sites is 2. The molecule has 0 saturated heterocycles. The highest BCUT2D eigenvalue weighted by atomic mass is 16.5. The zero-order chi connectivity index (χ0) is 36.9. The Bertz CT molecular complexity index is 2640. The third-order valence-corrected chi connectivity index (χ3v) is 8.92. The van der Waals surface area contributed by atoms with Gasteiger partial charge >= 0.3 is 22.5 Å². The van der Waals surface area contributed by atoms with E-state index in [0.29, 0.717) is 29.1 Å². The molecule has 0 unspecified atom stereocenters. The maximum Gasteiger partial charge on any atom is 0.350 e. The molecule has 0 atom stereocenters. The summed E-state index contributed by atoms with van der Waals surface area (Å²) in [4.78, 5) is 51.3. The number of nitrogens with zero attached hydrogens (tertiary/aromatic N) is 3. The van der Waals surface area contributed by atoms with E-state index in [1.165, 1.54) is 0 Å². The molecule has 0 saturated carbocycles. The molecule has 0 N–H and O–H groups in total. The van der Waals surface area contributed by atoms with Gasteiger partial charge in [-0.3, -0.25) is 0 Å². The van der Waals surface area contributed by atoms with Crippen molar-refractivity contribution in [2.45, 2.75) is 25.7 Å². The normalized spacial score (nSPS) is 12.3. The Labute approximate surface area is 301 Å². The van der Waals surface area contributed by atoms with Crippen LogP contribution in [0, 0.1) is 22.7 Å². The first-order chi connectivity index (χ1) is 25.9.